The van der Waals surface area contributed by atoms with Crippen LogP contribution in [-0.4, -0.2) is 17.5 Å². The Morgan fingerprint density at radius 1 is 1.09 bits per heavy atom. The number of carbonyl (C=O) groups is 1. The molecule has 0 fully saturated rings. The zero-order chi connectivity index (χ0) is 23.8. The molecular formula is C27H26N2O4S. The van der Waals surface area contributed by atoms with E-state index in [0.29, 0.717) is 34.0 Å². The molecule has 0 saturated carbocycles. The standard InChI is InChI=1S/C27H26N2O4S/c1-4-5-8-14-32-19-11-9-10-18(15-19)23-22-24(30)20-12-6-7-13-21(20)33-25(22)26(31)29(23)27-28-16(2)17(3)34-27/h6-7,9-13,15,23H,4-5,8,14H2,1-3H3. The van der Waals surface area contributed by atoms with Crippen LogP contribution in [0.5, 0.6) is 5.75 Å². The van der Waals surface area contributed by atoms with Crippen molar-refractivity contribution in [1.29, 1.82) is 0 Å². The van der Waals surface area contributed by atoms with E-state index in [2.05, 4.69) is 11.9 Å². The lowest BCUT2D eigenvalue weighted by molar-refractivity contribution is 0.0971. The third-order valence-electron chi connectivity index (χ3n) is 6.19. The number of thiazole rings is 1. The number of rotatable bonds is 7. The Morgan fingerprint density at radius 2 is 1.91 bits per heavy atom. The summed E-state index contributed by atoms with van der Waals surface area (Å²) in [6.45, 7) is 6.67. The third-order valence-corrected chi connectivity index (χ3v) is 7.26. The number of ether oxygens (including phenoxy) is 1. The molecule has 1 aliphatic heterocycles. The molecule has 1 amide bonds. The smallest absolute Gasteiger partial charge is 0.297 e. The molecule has 4 aromatic rings. The van der Waals surface area contributed by atoms with Gasteiger partial charge in [0.25, 0.3) is 5.91 Å². The van der Waals surface area contributed by atoms with Crippen molar-refractivity contribution >= 4 is 33.3 Å². The van der Waals surface area contributed by atoms with Gasteiger partial charge in [-0.3, -0.25) is 14.5 Å². The summed E-state index contributed by atoms with van der Waals surface area (Å²) in [7, 11) is 0. The average molecular weight is 475 g/mol. The number of anilines is 1. The van der Waals surface area contributed by atoms with E-state index in [1.54, 1.807) is 29.2 Å². The van der Waals surface area contributed by atoms with Gasteiger partial charge < -0.3 is 9.15 Å². The van der Waals surface area contributed by atoms with Gasteiger partial charge in [-0.05, 0) is 50.1 Å². The van der Waals surface area contributed by atoms with E-state index in [1.807, 2.05) is 38.1 Å². The molecule has 5 rings (SSSR count). The number of fused-ring (bicyclic) bond motifs is 2. The number of para-hydroxylation sites is 1. The number of hydrogen-bond acceptors (Lipinski definition) is 6. The Bertz CT molecular complexity index is 1420. The van der Waals surface area contributed by atoms with Crippen molar-refractivity contribution in [3.05, 3.63) is 86.2 Å². The van der Waals surface area contributed by atoms with Gasteiger partial charge in [0.05, 0.1) is 29.3 Å². The number of amides is 1. The van der Waals surface area contributed by atoms with Crippen LogP contribution in [0.1, 0.15) is 64.5 Å². The highest BCUT2D eigenvalue weighted by Gasteiger charge is 2.45. The van der Waals surface area contributed by atoms with Crippen LogP contribution >= 0.6 is 11.3 Å². The first-order valence-corrected chi connectivity index (χ1v) is 12.4. The molecule has 0 bridgehead atoms. The molecule has 1 unspecified atom stereocenters. The van der Waals surface area contributed by atoms with E-state index in [1.165, 1.54) is 11.3 Å². The minimum absolute atomic E-state index is 0.0773. The molecule has 0 aliphatic carbocycles. The van der Waals surface area contributed by atoms with Gasteiger partial charge in [-0.15, -0.1) is 11.3 Å². The van der Waals surface area contributed by atoms with Gasteiger partial charge in [0.15, 0.2) is 10.6 Å². The Labute approximate surface area is 201 Å². The predicted molar refractivity (Wildman–Crippen MR) is 134 cm³/mol. The molecule has 7 heteroatoms. The van der Waals surface area contributed by atoms with Gasteiger partial charge in [0.2, 0.25) is 5.76 Å². The Hall–Kier alpha value is -3.45. The maximum atomic E-state index is 13.7. The normalized spacial score (nSPS) is 15.2. The summed E-state index contributed by atoms with van der Waals surface area (Å²) >= 11 is 1.44. The molecule has 1 atom stereocenters. The van der Waals surface area contributed by atoms with Crippen LogP contribution in [0.4, 0.5) is 5.13 Å². The number of aryl methyl sites for hydroxylation is 2. The average Bonchev–Trinajstić information content (AvgIpc) is 3.33. The maximum absolute atomic E-state index is 13.7. The zero-order valence-corrected chi connectivity index (χ0v) is 20.3. The summed E-state index contributed by atoms with van der Waals surface area (Å²) in [4.78, 5) is 34.6. The van der Waals surface area contributed by atoms with Crippen LogP contribution in [0.15, 0.2) is 57.7 Å². The first-order valence-electron chi connectivity index (χ1n) is 11.6. The fraction of sp³-hybridized carbons (Fsp3) is 0.296. The summed E-state index contributed by atoms with van der Waals surface area (Å²) in [5.74, 6) is 0.436. The molecule has 0 N–H and O–H groups in total. The van der Waals surface area contributed by atoms with Gasteiger partial charge in [-0.25, -0.2) is 4.98 Å². The van der Waals surface area contributed by atoms with Crippen molar-refractivity contribution in [1.82, 2.24) is 4.98 Å². The Balaban J connectivity index is 1.66. The van der Waals surface area contributed by atoms with E-state index < -0.39 is 6.04 Å². The van der Waals surface area contributed by atoms with Crippen molar-refractivity contribution in [2.45, 2.75) is 46.1 Å². The predicted octanol–water partition coefficient (Wildman–Crippen LogP) is 6.19. The molecule has 2 aromatic heterocycles. The summed E-state index contributed by atoms with van der Waals surface area (Å²) < 4.78 is 12.0. The molecule has 3 heterocycles. The van der Waals surface area contributed by atoms with Crippen LogP contribution in [-0.2, 0) is 0 Å². The highest BCUT2D eigenvalue weighted by molar-refractivity contribution is 7.15. The lowest BCUT2D eigenvalue weighted by Gasteiger charge is -2.23. The highest BCUT2D eigenvalue weighted by atomic mass is 32.1. The Kier molecular flexibility index (Phi) is 5.96. The SMILES string of the molecule is CCCCCOc1cccc(C2c3c(oc4ccccc4c3=O)C(=O)N2c2nc(C)c(C)s2)c1. The molecule has 0 saturated heterocycles. The summed E-state index contributed by atoms with van der Waals surface area (Å²) in [6, 6.07) is 14.0. The number of nitrogens with zero attached hydrogens (tertiary/aromatic N) is 2. The summed E-state index contributed by atoms with van der Waals surface area (Å²) in [5.41, 5.74) is 2.20. The summed E-state index contributed by atoms with van der Waals surface area (Å²) in [6.07, 6.45) is 3.20. The van der Waals surface area contributed by atoms with Gasteiger partial charge in [-0.1, -0.05) is 44.0 Å². The van der Waals surface area contributed by atoms with E-state index in [4.69, 9.17) is 9.15 Å². The molecular weight excluding hydrogens is 448 g/mol. The number of hydrogen-bond donors (Lipinski definition) is 0. The lowest BCUT2D eigenvalue weighted by Crippen LogP contribution is -2.29. The number of benzene rings is 2. The molecule has 1 aliphatic rings. The fourth-order valence-corrected chi connectivity index (χ4v) is 5.24. The monoisotopic (exact) mass is 474 g/mol. The quantitative estimate of drug-likeness (QED) is 0.299. The van der Waals surface area contributed by atoms with Crippen molar-refractivity contribution < 1.29 is 13.9 Å². The molecule has 0 spiro atoms. The minimum atomic E-state index is -0.646. The van der Waals surface area contributed by atoms with E-state index in [-0.39, 0.29) is 17.1 Å². The molecule has 2 aromatic carbocycles. The van der Waals surface area contributed by atoms with E-state index in [0.717, 1.165) is 35.4 Å². The van der Waals surface area contributed by atoms with Gasteiger partial charge in [0.1, 0.15) is 11.3 Å². The van der Waals surface area contributed by atoms with Crippen LogP contribution < -0.4 is 15.1 Å². The second-order valence-corrected chi connectivity index (χ2v) is 9.70. The van der Waals surface area contributed by atoms with Gasteiger partial charge in [-0.2, -0.15) is 0 Å². The molecule has 6 nitrogen and oxygen atoms in total. The highest BCUT2D eigenvalue weighted by Crippen LogP contribution is 2.43. The van der Waals surface area contributed by atoms with Gasteiger partial charge in [0, 0.05) is 4.88 Å². The second-order valence-electron chi connectivity index (χ2n) is 8.51. The first-order chi connectivity index (χ1) is 16.5. The Morgan fingerprint density at radius 3 is 2.68 bits per heavy atom. The molecule has 34 heavy (non-hydrogen) atoms. The topological polar surface area (TPSA) is 72.6 Å². The van der Waals surface area contributed by atoms with Crippen LogP contribution in [0.3, 0.4) is 0 Å². The van der Waals surface area contributed by atoms with Crippen molar-refractivity contribution in [2.75, 3.05) is 11.5 Å². The van der Waals surface area contributed by atoms with Crippen molar-refractivity contribution in [3.63, 3.8) is 0 Å². The third kappa shape index (κ3) is 3.80. The van der Waals surface area contributed by atoms with Crippen molar-refractivity contribution in [2.24, 2.45) is 0 Å². The largest absolute Gasteiger partial charge is 0.494 e. The van der Waals surface area contributed by atoms with Crippen LogP contribution in [0.25, 0.3) is 11.0 Å². The van der Waals surface area contributed by atoms with Crippen molar-refractivity contribution in [3.8, 4) is 5.75 Å². The molecule has 0 radical (unpaired) electrons. The lowest BCUT2D eigenvalue weighted by atomic mass is 9.98. The van der Waals surface area contributed by atoms with Crippen LogP contribution in [0, 0.1) is 13.8 Å². The minimum Gasteiger partial charge on any atom is -0.494 e. The fourth-order valence-electron chi connectivity index (χ4n) is 4.31. The van der Waals surface area contributed by atoms with Gasteiger partial charge >= 0.3 is 0 Å². The second kappa shape index (κ2) is 9.06. The van der Waals surface area contributed by atoms with E-state index >= 15 is 0 Å². The van der Waals surface area contributed by atoms with E-state index in [9.17, 15) is 9.59 Å². The number of carbonyl (C=O) groups excluding carboxylic acids is 1. The first kappa shape index (κ1) is 22.3. The maximum Gasteiger partial charge on any atom is 0.297 e. The van der Waals surface area contributed by atoms with Crippen LogP contribution in [0.2, 0.25) is 0 Å². The molecule has 174 valence electrons. The summed E-state index contributed by atoms with van der Waals surface area (Å²) in [5, 5.41) is 1.01. The number of unbranched alkanes of at least 4 members (excludes halogenated alkanes) is 2. The zero-order valence-electron chi connectivity index (χ0n) is 19.5. The number of aromatic nitrogens is 1.